The fourth-order valence-electron chi connectivity index (χ4n) is 4.88. The minimum atomic E-state index is -1.22. The number of thiazole rings is 1. The van der Waals surface area contributed by atoms with Crippen molar-refractivity contribution in [1.29, 1.82) is 0 Å². The molecule has 10 heteroatoms. The van der Waals surface area contributed by atoms with Crippen LogP contribution in [0.4, 0.5) is 0 Å². The van der Waals surface area contributed by atoms with Crippen molar-refractivity contribution in [2.45, 2.75) is 105 Å². The fourth-order valence-corrected chi connectivity index (χ4v) is 5.45. The number of rotatable bonds is 3. The number of ketones is 1. The third-order valence-corrected chi connectivity index (χ3v) is 8.77. The van der Waals surface area contributed by atoms with Crippen molar-refractivity contribution < 1.29 is 24.5 Å². The van der Waals surface area contributed by atoms with E-state index in [1.807, 2.05) is 26.2 Å². The molecule has 1 fully saturated rings. The van der Waals surface area contributed by atoms with Crippen molar-refractivity contribution >= 4 is 29.2 Å². The fraction of sp³-hybridized carbons (Fsp3) is 0.741. The average molecular weight is 535 g/mol. The predicted molar refractivity (Wildman–Crippen MR) is 145 cm³/mol. The highest BCUT2D eigenvalue weighted by atomic mass is 32.1. The molecular formula is C27H42N4O5S. The first-order valence-corrected chi connectivity index (χ1v) is 13.9. The number of azide groups is 1. The molecule has 1 aliphatic heterocycles. The van der Waals surface area contributed by atoms with Gasteiger partial charge in [-0.05, 0) is 49.3 Å². The molecule has 0 spiro atoms. The van der Waals surface area contributed by atoms with Gasteiger partial charge in [0.05, 0.1) is 40.8 Å². The van der Waals surface area contributed by atoms with Crippen LogP contribution in [0, 0.1) is 30.1 Å². The number of aliphatic hydroxyl groups is 2. The Morgan fingerprint density at radius 2 is 1.95 bits per heavy atom. The third kappa shape index (κ3) is 8.37. The summed E-state index contributed by atoms with van der Waals surface area (Å²) >= 11 is 1.50. The molecule has 2 heterocycles. The van der Waals surface area contributed by atoms with Gasteiger partial charge < -0.3 is 14.9 Å². The molecule has 1 aromatic heterocycles. The second-order valence-electron chi connectivity index (χ2n) is 11.1. The molecule has 2 N–H and O–H groups in total. The molecule has 1 unspecified atom stereocenters. The van der Waals surface area contributed by atoms with Crippen molar-refractivity contribution in [3.63, 3.8) is 0 Å². The number of aryl methyl sites for hydroxylation is 1. The molecule has 37 heavy (non-hydrogen) atoms. The number of aliphatic hydroxyl groups excluding tert-OH is 2. The van der Waals surface area contributed by atoms with Crippen molar-refractivity contribution in [2.75, 3.05) is 0 Å². The van der Waals surface area contributed by atoms with Crippen molar-refractivity contribution in [2.24, 2.45) is 28.3 Å². The van der Waals surface area contributed by atoms with Crippen LogP contribution in [-0.4, -0.2) is 51.3 Å². The number of esters is 1. The van der Waals surface area contributed by atoms with Crippen LogP contribution in [0.2, 0.25) is 0 Å². The molecule has 1 aromatic rings. The largest absolute Gasteiger partial charge is 0.458 e. The molecule has 2 rings (SSSR count). The number of nitrogens with zero attached hydrogens (tertiary/aromatic N) is 4. The summed E-state index contributed by atoms with van der Waals surface area (Å²) in [5.74, 6) is -0.828. The molecule has 1 saturated heterocycles. The summed E-state index contributed by atoms with van der Waals surface area (Å²) in [7, 11) is 0. The van der Waals surface area contributed by atoms with E-state index in [4.69, 9.17) is 10.3 Å². The zero-order valence-electron chi connectivity index (χ0n) is 23.0. The number of ether oxygens (including phenoxy) is 1. The van der Waals surface area contributed by atoms with Crippen LogP contribution in [0.15, 0.2) is 16.1 Å². The van der Waals surface area contributed by atoms with Gasteiger partial charge in [-0.15, -0.1) is 11.3 Å². The van der Waals surface area contributed by atoms with Crippen LogP contribution in [-0.2, 0) is 14.3 Å². The van der Waals surface area contributed by atoms with Crippen molar-refractivity contribution in [3.05, 3.63) is 32.1 Å². The third-order valence-electron chi connectivity index (χ3n) is 7.98. The maximum atomic E-state index is 13.4. The van der Waals surface area contributed by atoms with E-state index in [1.165, 1.54) is 11.3 Å². The number of cyclic esters (lactones) is 1. The minimum absolute atomic E-state index is 0.0300. The normalized spacial score (nSPS) is 32.9. The van der Waals surface area contributed by atoms with Crippen molar-refractivity contribution in [3.8, 4) is 0 Å². The maximum Gasteiger partial charge on any atom is 0.309 e. The minimum Gasteiger partial charge on any atom is -0.458 e. The van der Waals surface area contributed by atoms with Gasteiger partial charge in [0.15, 0.2) is 0 Å². The Kier molecular flexibility index (Phi) is 11.3. The number of carbonyl (C=O) groups excluding carboxylic acids is 2. The zero-order valence-corrected chi connectivity index (χ0v) is 23.9. The first kappa shape index (κ1) is 31.0. The summed E-state index contributed by atoms with van der Waals surface area (Å²) in [5, 5.41) is 28.6. The first-order chi connectivity index (χ1) is 17.3. The highest BCUT2D eigenvalue weighted by Gasteiger charge is 2.42. The maximum absolute atomic E-state index is 13.4. The number of carbonyl (C=O) groups is 2. The van der Waals surface area contributed by atoms with Crippen LogP contribution in [0.5, 0.6) is 0 Å². The predicted octanol–water partition coefficient (Wildman–Crippen LogP) is 5.64. The lowest BCUT2D eigenvalue weighted by atomic mass is 9.70. The summed E-state index contributed by atoms with van der Waals surface area (Å²) in [5.41, 5.74) is 9.36. The lowest BCUT2D eigenvalue weighted by Crippen LogP contribution is -2.44. The lowest BCUT2D eigenvalue weighted by molar-refractivity contribution is -0.154. The zero-order chi connectivity index (χ0) is 27.9. The molecule has 0 aromatic carbocycles. The Morgan fingerprint density at radius 3 is 2.54 bits per heavy atom. The SMILES string of the molecule is C/C(=C\c1csc(C)n1)C1C[C@@H](O)[C@H](N=[N+]=[N-])CCC[C@H](C)[C@H](C)[C@@H](C)C(=O)C(C)(C)[C@@H](O)CC(=O)O1. The number of aromatic nitrogens is 1. The van der Waals surface area contributed by atoms with Crippen LogP contribution < -0.4 is 0 Å². The quantitative estimate of drug-likeness (QED) is 0.222. The van der Waals surface area contributed by atoms with Gasteiger partial charge in [-0.1, -0.05) is 52.6 Å². The summed E-state index contributed by atoms with van der Waals surface area (Å²) in [4.78, 5) is 33.7. The van der Waals surface area contributed by atoms with E-state index in [9.17, 15) is 19.8 Å². The molecule has 0 bridgehead atoms. The van der Waals surface area contributed by atoms with Gasteiger partial charge in [0.2, 0.25) is 0 Å². The second-order valence-corrected chi connectivity index (χ2v) is 12.2. The molecule has 206 valence electrons. The van der Waals surface area contributed by atoms with Gasteiger partial charge >= 0.3 is 5.97 Å². The highest BCUT2D eigenvalue weighted by Crippen LogP contribution is 2.35. The Hall–Kier alpha value is -2.26. The average Bonchev–Trinajstić information content (AvgIpc) is 3.24. The molecule has 0 amide bonds. The van der Waals surface area contributed by atoms with Crippen LogP contribution in [0.25, 0.3) is 16.5 Å². The Balaban J connectivity index is 2.41. The van der Waals surface area contributed by atoms with Gasteiger partial charge in [-0.2, -0.15) is 0 Å². The molecular weight excluding hydrogens is 492 g/mol. The molecule has 7 atom stereocenters. The molecule has 0 saturated carbocycles. The van der Waals surface area contributed by atoms with E-state index < -0.39 is 35.7 Å². The Labute approximate surface area is 224 Å². The molecule has 9 nitrogen and oxygen atoms in total. The van der Waals surface area contributed by atoms with Crippen molar-refractivity contribution in [1.82, 2.24) is 4.98 Å². The summed E-state index contributed by atoms with van der Waals surface area (Å²) in [6.07, 6.45) is 0.371. The Morgan fingerprint density at radius 1 is 1.27 bits per heavy atom. The molecule has 0 aliphatic carbocycles. The first-order valence-electron chi connectivity index (χ1n) is 13.0. The number of Topliss-reactive ketones (excluding diaryl/α,β-unsaturated/α-hetero) is 1. The standard InChI is InChI=1S/C27H42N4O5S/c1-15-9-8-10-21(30-31-28)22(32)12-23(16(2)11-20-14-37-19(5)29-20)36-25(34)13-24(33)27(6,7)26(35)18(4)17(15)3/h11,14-15,17-18,21-24,32-33H,8-10,12-13H2,1-7H3/b16-11+/t15-,17-,18+,21+,22+,23?,24-/m0/s1. The summed E-state index contributed by atoms with van der Waals surface area (Å²) in [6.45, 7) is 13.0. The topological polar surface area (TPSA) is 145 Å². The van der Waals surface area contributed by atoms with Gasteiger partial charge in [-0.25, -0.2) is 4.98 Å². The van der Waals surface area contributed by atoms with Crippen LogP contribution in [0.3, 0.4) is 0 Å². The number of hydrogen-bond acceptors (Lipinski definition) is 8. The second kappa shape index (κ2) is 13.5. The van der Waals surface area contributed by atoms with E-state index in [0.717, 1.165) is 11.4 Å². The number of hydrogen-bond donors (Lipinski definition) is 2. The van der Waals surface area contributed by atoms with E-state index in [2.05, 4.69) is 21.9 Å². The van der Waals surface area contributed by atoms with E-state index in [0.29, 0.717) is 24.1 Å². The van der Waals surface area contributed by atoms with Crippen LogP contribution >= 0.6 is 11.3 Å². The van der Waals surface area contributed by atoms with Gasteiger partial charge in [0.25, 0.3) is 0 Å². The van der Waals surface area contributed by atoms with E-state index >= 15 is 0 Å². The lowest BCUT2D eigenvalue weighted by Gasteiger charge is -2.35. The summed E-state index contributed by atoms with van der Waals surface area (Å²) in [6, 6.07) is -0.681. The van der Waals surface area contributed by atoms with E-state index in [-0.39, 0.29) is 36.4 Å². The smallest absolute Gasteiger partial charge is 0.309 e. The molecule has 1 aliphatic rings. The summed E-state index contributed by atoms with van der Waals surface area (Å²) < 4.78 is 5.76. The van der Waals surface area contributed by atoms with Crippen LogP contribution in [0.1, 0.15) is 84.3 Å². The van der Waals surface area contributed by atoms with Gasteiger partial charge in [-0.3, -0.25) is 9.59 Å². The highest BCUT2D eigenvalue weighted by molar-refractivity contribution is 7.09. The molecule has 0 radical (unpaired) electrons. The monoisotopic (exact) mass is 534 g/mol. The van der Waals surface area contributed by atoms with E-state index in [1.54, 1.807) is 26.8 Å². The van der Waals surface area contributed by atoms with Gasteiger partial charge in [0.1, 0.15) is 11.9 Å². The van der Waals surface area contributed by atoms with Gasteiger partial charge in [0, 0.05) is 22.6 Å². The Bertz CT molecular complexity index is 1020.